The number of aromatic amines is 1. The summed E-state index contributed by atoms with van der Waals surface area (Å²) in [7, 11) is 0. The van der Waals surface area contributed by atoms with E-state index in [1.54, 1.807) is 0 Å². The van der Waals surface area contributed by atoms with E-state index >= 15 is 0 Å². The molecule has 1 aromatic heterocycles. The van der Waals surface area contributed by atoms with Crippen LogP contribution in [0.5, 0.6) is 5.75 Å². The Morgan fingerprint density at radius 3 is 2.60 bits per heavy atom. The second-order valence-electron chi connectivity index (χ2n) is 6.45. The molecule has 3 aromatic rings. The highest BCUT2D eigenvalue weighted by Crippen LogP contribution is 2.20. The number of rotatable bonds is 6. The van der Waals surface area contributed by atoms with Gasteiger partial charge in [-0.15, -0.1) is 0 Å². The fraction of sp³-hybridized carbons (Fsp3) is 0.350. The Kier molecular flexibility index (Phi) is 4.84. The van der Waals surface area contributed by atoms with Gasteiger partial charge in [-0.05, 0) is 37.1 Å². The monoisotopic (exact) mass is 336 g/mol. The maximum atomic E-state index is 5.73. The fourth-order valence-corrected chi connectivity index (χ4v) is 3.33. The summed E-state index contributed by atoms with van der Waals surface area (Å²) in [6.45, 7) is 3.63. The van der Waals surface area contributed by atoms with Crippen molar-refractivity contribution >= 4 is 17.0 Å². The average Bonchev–Trinajstić information content (AvgIpc) is 3.11. The van der Waals surface area contributed by atoms with E-state index in [-0.39, 0.29) is 0 Å². The summed E-state index contributed by atoms with van der Waals surface area (Å²) in [6.07, 6.45) is 2.25. The molecule has 0 saturated carbocycles. The van der Waals surface area contributed by atoms with Crippen molar-refractivity contribution in [3.05, 3.63) is 54.6 Å². The van der Waals surface area contributed by atoms with Crippen molar-refractivity contribution in [3.63, 3.8) is 0 Å². The molecule has 2 N–H and O–H groups in total. The molecule has 2 heterocycles. The van der Waals surface area contributed by atoms with Crippen LogP contribution in [0.2, 0.25) is 0 Å². The molecule has 0 atom stereocenters. The van der Waals surface area contributed by atoms with Crippen LogP contribution in [-0.4, -0.2) is 42.3 Å². The van der Waals surface area contributed by atoms with Gasteiger partial charge in [-0.3, -0.25) is 0 Å². The molecule has 1 aliphatic heterocycles. The smallest absolute Gasteiger partial charge is 0.203 e. The molecule has 1 saturated heterocycles. The van der Waals surface area contributed by atoms with Crippen molar-refractivity contribution < 1.29 is 4.74 Å². The second-order valence-corrected chi connectivity index (χ2v) is 6.45. The summed E-state index contributed by atoms with van der Waals surface area (Å²) in [5.41, 5.74) is 2.15. The third kappa shape index (κ3) is 3.94. The van der Waals surface area contributed by atoms with Gasteiger partial charge in [-0.1, -0.05) is 30.3 Å². The van der Waals surface area contributed by atoms with Gasteiger partial charge in [0.25, 0.3) is 0 Å². The van der Waals surface area contributed by atoms with E-state index in [1.807, 2.05) is 42.5 Å². The van der Waals surface area contributed by atoms with E-state index in [2.05, 4.69) is 27.3 Å². The molecule has 0 unspecified atom stereocenters. The number of aromatic nitrogens is 2. The molecule has 0 aliphatic carbocycles. The van der Waals surface area contributed by atoms with Gasteiger partial charge in [-0.25, -0.2) is 4.98 Å². The number of imidazole rings is 1. The summed E-state index contributed by atoms with van der Waals surface area (Å²) in [6, 6.07) is 18.7. The minimum atomic E-state index is 0.556. The van der Waals surface area contributed by atoms with Crippen molar-refractivity contribution in [2.24, 2.45) is 0 Å². The normalized spacial score (nSPS) is 15.6. The third-order valence-electron chi connectivity index (χ3n) is 4.72. The van der Waals surface area contributed by atoms with E-state index in [1.165, 1.54) is 0 Å². The number of piperidine rings is 1. The molecule has 25 heavy (non-hydrogen) atoms. The molecule has 1 fully saturated rings. The Morgan fingerprint density at radius 1 is 1.04 bits per heavy atom. The van der Waals surface area contributed by atoms with E-state index < -0.39 is 0 Å². The largest absolute Gasteiger partial charge is 0.492 e. The highest BCUT2D eigenvalue weighted by molar-refractivity contribution is 5.77. The molecule has 0 spiro atoms. The van der Waals surface area contributed by atoms with Gasteiger partial charge in [0.2, 0.25) is 5.95 Å². The SMILES string of the molecule is c1ccc(OCCNC2CCN(c3nc4ccccc4[nH]3)CC2)cc1. The van der Waals surface area contributed by atoms with Crippen LogP contribution in [0.3, 0.4) is 0 Å². The predicted octanol–water partition coefficient (Wildman–Crippen LogP) is 3.20. The predicted molar refractivity (Wildman–Crippen MR) is 101 cm³/mol. The number of hydrogen-bond donors (Lipinski definition) is 2. The van der Waals surface area contributed by atoms with Crippen molar-refractivity contribution in [1.29, 1.82) is 0 Å². The Labute approximate surface area is 148 Å². The van der Waals surface area contributed by atoms with Gasteiger partial charge in [0.1, 0.15) is 12.4 Å². The van der Waals surface area contributed by atoms with Gasteiger partial charge in [0, 0.05) is 25.7 Å². The third-order valence-corrected chi connectivity index (χ3v) is 4.72. The zero-order chi connectivity index (χ0) is 16.9. The number of H-pyrrole nitrogens is 1. The van der Waals surface area contributed by atoms with E-state index in [0.717, 1.165) is 55.2 Å². The number of para-hydroxylation sites is 3. The lowest BCUT2D eigenvalue weighted by molar-refractivity contribution is 0.296. The van der Waals surface area contributed by atoms with E-state index in [0.29, 0.717) is 12.6 Å². The molecule has 0 bridgehead atoms. The number of nitrogens with zero attached hydrogens (tertiary/aromatic N) is 2. The molecule has 130 valence electrons. The van der Waals surface area contributed by atoms with Crippen LogP contribution in [0.15, 0.2) is 54.6 Å². The molecule has 2 aromatic carbocycles. The average molecular weight is 336 g/mol. The number of fused-ring (bicyclic) bond motifs is 1. The van der Waals surface area contributed by atoms with Crippen LogP contribution in [0.1, 0.15) is 12.8 Å². The van der Waals surface area contributed by atoms with Crippen molar-refractivity contribution in [1.82, 2.24) is 15.3 Å². The van der Waals surface area contributed by atoms with Crippen LogP contribution < -0.4 is 15.0 Å². The minimum absolute atomic E-state index is 0.556. The van der Waals surface area contributed by atoms with Crippen LogP contribution in [0.25, 0.3) is 11.0 Å². The summed E-state index contributed by atoms with van der Waals surface area (Å²) in [5.74, 6) is 1.93. The van der Waals surface area contributed by atoms with Gasteiger partial charge in [-0.2, -0.15) is 0 Å². The van der Waals surface area contributed by atoms with Crippen LogP contribution in [-0.2, 0) is 0 Å². The Morgan fingerprint density at radius 2 is 1.80 bits per heavy atom. The molecule has 5 heteroatoms. The first-order valence-electron chi connectivity index (χ1n) is 8.99. The van der Waals surface area contributed by atoms with Gasteiger partial charge >= 0.3 is 0 Å². The summed E-state index contributed by atoms with van der Waals surface area (Å²) < 4.78 is 5.73. The van der Waals surface area contributed by atoms with E-state index in [9.17, 15) is 0 Å². The Bertz CT molecular complexity index is 761. The van der Waals surface area contributed by atoms with Crippen molar-refractivity contribution in [2.45, 2.75) is 18.9 Å². The van der Waals surface area contributed by atoms with Crippen molar-refractivity contribution in [3.8, 4) is 5.75 Å². The molecule has 4 rings (SSSR count). The summed E-state index contributed by atoms with van der Waals surface area (Å²) in [5, 5.41) is 3.61. The van der Waals surface area contributed by atoms with E-state index in [4.69, 9.17) is 9.72 Å². The number of ether oxygens (including phenoxy) is 1. The number of anilines is 1. The first-order chi connectivity index (χ1) is 12.4. The first-order valence-corrected chi connectivity index (χ1v) is 8.99. The van der Waals surface area contributed by atoms with Gasteiger partial charge < -0.3 is 19.9 Å². The molecular weight excluding hydrogens is 312 g/mol. The van der Waals surface area contributed by atoms with Crippen LogP contribution in [0, 0.1) is 0 Å². The fourth-order valence-electron chi connectivity index (χ4n) is 3.33. The van der Waals surface area contributed by atoms with Gasteiger partial charge in [0.05, 0.1) is 11.0 Å². The lowest BCUT2D eigenvalue weighted by Gasteiger charge is -2.32. The Balaban J connectivity index is 1.21. The first kappa shape index (κ1) is 16.0. The summed E-state index contributed by atoms with van der Waals surface area (Å²) in [4.78, 5) is 10.5. The number of hydrogen-bond acceptors (Lipinski definition) is 4. The molecule has 0 amide bonds. The molecule has 1 aliphatic rings. The Hall–Kier alpha value is -2.53. The topological polar surface area (TPSA) is 53.2 Å². The van der Waals surface area contributed by atoms with Crippen LogP contribution in [0.4, 0.5) is 5.95 Å². The number of nitrogens with one attached hydrogen (secondary N) is 2. The lowest BCUT2D eigenvalue weighted by atomic mass is 10.1. The van der Waals surface area contributed by atoms with Crippen LogP contribution >= 0.6 is 0 Å². The molecule has 0 radical (unpaired) electrons. The van der Waals surface area contributed by atoms with Gasteiger partial charge in [0.15, 0.2) is 0 Å². The molecule has 5 nitrogen and oxygen atoms in total. The number of benzene rings is 2. The van der Waals surface area contributed by atoms with Crippen molar-refractivity contribution in [2.75, 3.05) is 31.1 Å². The minimum Gasteiger partial charge on any atom is -0.492 e. The summed E-state index contributed by atoms with van der Waals surface area (Å²) >= 11 is 0. The second kappa shape index (κ2) is 7.57. The zero-order valence-corrected chi connectivity index (χ0v) is 14.3. The maximum absolute atomic E-state index is 5.73. The highest BCUT2D eigenvalue weighted by atomic mass is 16.5. The lowest BCUT2D eigenvalue weighted by Crippen LogP contribution is -2.44. The highest BCUT2D eigenvalue weighted by Gasteiger charge is 2.20. The maximum Gasteiger partial charge on any atom is 0.203 e. The zero-order valence-electron chi connectivity index (χ0n) is 14.3. The quantitative estimate of drug-likeness (QED) is 0.679. The standard InChI is InChI=1S/C20H24N4O/c1-2-6-17(7-3-1)25-15-12-21-16-10-13-24(14-11-16)20-22-18-8-4-5-9-19(18)23-20/h1-9,16,21H,10-15H2,(H,22,23). The molecular formula is C20H24N4O.